The van der Waals surface area contributed by atoms with Crippen LogP contribution in [0, 0.1) is 5.92 Å². The molecule has 3 atom stereocenters. The molecule has 136 valence electrons. The van der Waals surface area contributed by atoms with E-state index in [-0.39, 0.29) is 5.41 Å². The lowest BCUT2D eigenvalue weighted by Crippen LogP contribution is -2.72. The topological polar surface area (TPSA) is 32.7 Å². The Kier molecular flexibility index (Phi) is 3.69. The van der Waals surface area contributed by atoms with Gasteiger partial charge in [0.2, 0.25) is 0 Å². The van der Waals surface area contributed by atoms with Gasteiger partial charge in [0.1, 0.15) is 5.75 Å². The van der Waals surface area contributed by atoms with Crippen molar-refractivity contribution in [2.24, 2.45) is 5.92 Å². The standard InChI is InChI=1S/C22H31NO2/c1-25-18-8-7-17-13-20-22(24)10-3-2-9-21(22,19(17)14-18)11-12-23(20)15-16-5-4-6-16/h7-8,14,16,20,24H,2-6,9-13,15H2,1H3/t20-,21+,22-/m1/s1. The van der Waals surface area contributed by atoms with Crippen molar-refractivity contribution in [3.63, 3.8) is 0 Å². The summed E-state index contributed by atoms with van der Waals surface area (Å²) < 4.78 is 5.53. The second kappa shape index (κ2) is 5.72. The molecular formula is C22H31NO2. The molecule has 0 unspecified atom stereocenters. The summed E-state index contributed by atoms with van der Waals surface area (Å²) in [6.07, 6.45) is 10.8. The van der Waals surface area contributed by atoms with E-state index in [0.717, 1.165) is 43.9 Å². The lowest BCUT2D eigenvalue weighted by molar-refractivity contribution is -0.169. The van der Waals surface area contributed by atoms with Gasteiger partial charge < -0.3 is 9.84 Å². The molecule has 1 aromatic carbocycles. The SMILES string of the molecule is COc1ccc2c(c1)[C@@]13CCCC[C@@]1(O)[C@@H](C2)N(CC1CCC1)CC3. The highest BCUT2D eigenvalue weighted by molar-refractivity contribution is 5.48. The molecule has 1 heterocycles. The largest absolute Gasteiger partial charge is 0.497 e. The van der Waals surface area contributed by atoms with Crippen LogP contribution in [-0.4, -0.2) is 41.8 Å². The predicted molar refractivity (Wildman–Crippen MR) is 99.1 cm³/mol. The van der Waals surface area contributed by atoms with Gasteiger partial charge in [0.05, 0.1) is 12.7 Å². The van der Waals surface area contributed by atoms with E-state index in [9.17, 15) is 5.11 Å². The molecule has 0 spiro atoms. The maximum absolute atomic E-state index is 12.1. The zero-order chi connectivity index (χ0) is 17.1. The van der Waals surface area contributed by atoms with Gasteiger partial charge in [0.25, 0.3) is 0 Å². The summed E-state index contributed by atoms with van der Waals surface area (Å²) in [7, 11) is 1.75. The van der Waals surface area contributed by atoms with Gasteiger partial charge in [-0.25, -0.2) is 0 Å². The Morgan fingerprint density at radius 3 is 2.76 bits per heavy atom. The summed E-state index contributed by atoms with van der Waals surface area (Å²) in [4.78, 5) is 2.67. The van der Waals surface area contributed by atoms with Gasteiger partial charge in [-0.3, -0.25) is 4.90 Å². The third-order valence-electron chi connectivity index (χ3n) is 8.02. The Morgan fingerprint density at radius 2 is 2.00 bits per heavy atom. The van der Waals surface area contributed by atoms with Gasteiger partial charge in [-0.15, -0.1) is 0 Å². The molecule has 25 heavy (non-hydrogen) atoms. The van der Waals surface area contributed by atoms with Crippen LogP contribution in [0.4, 0.5) is 0 Å². The number of methoxy groups -OCH3 is 1. The number of rotatable bonds is 3. The number of hydrogen-bond donors (Lipinski definition) is 1. The normalized spacial score (nSPS) is 37.8. The lowest BCUT2D eigenvalue weighted by Gasteiger charge is -2.64. The first kappa shape index (κ1) is 16.1. The Labute approximate surface area is 151 Å². The molecule has 2 bridgehead atoms. The van der Waals surface area contributed by atoms with Crippen LogP contribution in [0.25, 0.3) is 0 Å². The molecule has 5 rings (SSSR count). The second-order valence-corrected chi connectivity index (χ2v) is 9.00. The highest BCUT2D eigenvalue weighted by Crippen LogP contribution is 2.58. The molecule has 1 N–H and O–H groups in total. The average Bonchev–Trinajstić information content (AvgIpc) is 2.59. The summed E-state index contributed by atoms with van der Waals surface area (Å²) in [5.74, 6) is 1.81. The molecule has 1 aromatic rings. The van der Waals surface area contributed by atoms with Gasteiger partial charge in [-0.05, 0) is 74.2 Å². The van der Waals surface area contributed by atoms with Gasteiger partial charge in [0.15, 0.2) is 0 Å². The van der Waals surface area contributed by atoms with Crippen molar-refractivity contribution in [3.8, 4) is 5.75 Å². The number of nitrogens with zero attached hydrogens (tertiary/aromatic N) is 1. The van der Waals surface area contributed by atoms with E-state index < -0.39 is 5.60 Å². The van der Waals surface area contributed by atoms with Crippen molar-refractivity contribution in [1.82, 2.24) is 4.90 Å². The van der Waals surface area contributed by atoms with Crippen molar-refractivity contribution in [2.75, 3.05) is 20.2 Å². The first-order valence-corrected chi connectivity index (χ1v) is 10.3. The monoisotopic (exact) mass is 341 g/mol. The van der Waals surface area contributed by atoms with E-state index in [1.807, 2.05) is 0 Å². The van der Waals surface area contributed by atoms with E-state index >= 15 is 0 Å². The van der Waals surface area contributed by atoms with E-state index in [0.29, 0.717) is 6.04 Å². The Balaban J connectivity index is 1.58. The number of likely N-dealkylation sites (tertiary alicyclic amines) is 1. The predicted octanol–water partition coefficient (Wildman–Crippen LogP) is 3.67. The number of benzene rings is 1. The second-order valence-electron chi connectivity index (χ2n) is 9.00. The quantitative estimate of drug-likeness (QED) is 0.910. The van der Waals surface area contributed by atoms with Crippen molar-refractivity contribution in [3.05, 3.63) is 29.3 Å². The fourth-order valence-corrected chi connectivity index (χ4v) is 6.44. The number of aliphatic hydroxyl groups is 1. The Hall–Kier alpha value is -1.06. The van der Waals surface area contributed by atoms with Crippen LogP contribution in [0.1, 0.15) is 62.5 Å². The molecule has 2 saturated carbocycles. The van der Waals surface area contributed by atoms with Crippen molar-refractivity contribution >= 4 is 0 Å². The molecule has 3 nitrogen and oxygen atoms in total. The minimum Gasteiger partial charge on any atom is -0.497 e. The van der Waals surface area contributed by atoms with Gasteiger partial charge in [-0.2, -0.15) is 0 Å². The summed E-state index contributed by atoms with van der Waals surface area (Å²) in [5.41, 5.74) is 2.25. The van der Waals surface area contributed by atoms with Crippen LogP contribution in [0.3, 0.4) is 0 Å². The van der Waals surface area contributed by atoms with E-state index in [2.05, 4.69) is 23.1 Å². The summed E-state index contributed by atoms with van der Waals surface area (Å²) in [5, 5.41) is 12.1. The van der Waals surface area contributed by atoms with Crippen LogP contribution in [-0.2, 0) is 11.8 Å². The maximum Gasteiger partial charge on any atom is 0.119 e. The minimum absolute atomic E-state index is 0.0475. The van der Waals surface area contributed by atoms with Crippen LogP contribution in [0.15, 0.2) is 18.2 Å². The number of ether oxygens (including phenoxy) is 1. The molecule has 3 heteroatoms. The molecule has 3 aliphatic carbocycles. The third-order valence-corrected chi connectivity index (χ3v) is 8.02. The first-order valence-electron chi connectivity index (χ1n) is 10.3. The van der Waals surface area contributed by atoms with Crippen molar-refractivity contribution in [2.45, 2.75) is 74.8 Å². The fourth-order valence-electron chi connectivity index (χ4n) is 6.44. The highest BCUT2D eigenvalue weighted by atomic mass is 16.5. The number of fused-ring (bicyclic) bond motifs is 1. The number of hydrogen-bond acceptors (Lipinski definition) is 3. The zero-order valence-electron chi connectivity index (χ0n) is 15.5. The van der Waals surface area contributed by atoms with Crippen LogP contribution in [0.5, 0.6) is 5.75 Å². The summed E-state index contributed by atoms with van der Waals surface area (Å²) in [6.45, 7) is 2.36. The van der Waals surface area contributed by atoms with Gasteiger partial charge in [-0.1, -0.05) is 25.3 Å². The molecule has 1 saturated heterocycles. The smallest absolute Gasteiger partial charge is 0.119 e. The molecular weight excluding hydrogens is 310 g/mol. The molecule has 3 fully saturated rings. The van der Waals surface area contributed by atoms with E-state index in [1.165, 1.54) is 49.8 Å². The summed E-state index contributed by atoms with van der Waals surface area (Å²) >= 11 is 0. The zero-order valence-corrected chi connectivity index (χ0v) is 15.5. The Bertz CT molecular complexity index is 670. The van der Waals surface area contributed by atoms with Crippen molar-refractivity contribution < 1.29 is 9.84 Å². The van der Waals surface area contributed by atoms with Crippen molar-refractivity contribution in [1.29, 1.82) is 0 Å². The van der Waals surface area contributed by atoms with Crippen LogP contribution < -0.4 is 4.74 Å². The lowest BCUT2D eigenvalue weighted by atomic mass is 9.49. The van der Waals surface area contributed by atoms with Gasteiger partial charge >= 0.3 is 0 Å². The fraction of sp³-hybridized carbons (Fsp3) is 0.727. The molecule has 1 aliphatic heterocycles. The average molecular weight is 341 g/mol. The first-order chi connectivity index (χ1) is 12.2. The molecule has 0 amide bonds. The van der Waals surface area contributed by atoms with Crippen LogP contribution >= 0.6 is 0 Å². The van der Waals surface area contributed by atoms with Crippen LogP contribution in [0.2, 0.25) is 0 Å². The van der Waals surface area contributed by atoms with E-state index in [1.54, 1.807) is 7.11 Å². The molecule has 4 aliphatic rings. The molecule has 0 radical (unpaired) electrons. The Morgan fingerprint density at radius 1 is 1.16 bits per heavy atom. The molecule has 0 aromatic heterocycles. The maximum atomic E-state index is 12.1. The number of piperidine rings is 1. The minimum atomic E-state index is -0.549. The highest BCUT2D eigenvalue weighted by Gasteiger charge is 2.63. The van der Waals surface area contributed by atoms with E-state index in [4.69, 9.17) is 4.74 Å². The summed E-state index contributed by atoms with van der Waals surface area (Å²) in [6, 6.07) is 6.92. The van der Waals surface area contributed by atoms with Gasteiger partial charge in [0, 0.05) is 18.0 Å². The third kappa shape index (κ3) is 2.18.